The highest BCUT2D eigenvalue weighted by molar-refractivity contribution is 5.66. The first-order valence-corrected chi connectivity index (χ1v) is 18.5. The topological polar surface area (TPSA) is 168 Å². The van der Waals surface area contributed by atoms with Crippen molar-refractivity contribution >= 4 is 5.97 Å². The fourth-order valence-electron chi connectivity index (χ4n) is 14.3. The minimum absolute atomic E-state index is 0.0240. The van der Waals surface area contributed by atoms with E-state index in [0.29, 0.717) is 12.3 Å². The van der Waals surface area contributed by atoms with E-state index >= 15 is 0 Å². The summed E-state index contributed by atoms with van der Waals surface area (Å²) in [5.74, 6) is -3.82. The molecule has 17 atom stereocenters. The van der Waals surface area contributed by atoms with Crippen molar-refractivity contribution in [3.05, 3.63) is 0 Å². The van der Waals surface area contributed by atoms with Crippen LogP contribution in [0.25, 0.3) is 0 Å². The van der Waals surface area contributed by atoms with E-state index in [-0.39, 0.29) is 46.7 Å². The largest absolute Gasteiger partial charge is 0.430 e. The van der Waals surface area contributed by atoms with E-state index in [0.717, 1.165) is 44.9 Å². The number of hydrogen-bond donors (Lipinski definition) is 5. The van der Waals surface area contributed by atoms with Crippen LogP contribution in [0, 0.1) is 50.7 Å². The summed E-state index contributed by atoms with van der Waals surface area (Å²) in [6, 6.07) is 0. The van der Waals surface area contributed by atoms with Gasteiger partial charge in [-0.25, -0.2) is 0 Å². The Bertz CT molecular complexity index is 1370. The number of fused-ring (bicyclic) bond motifs is 4. The van der Waals surface area contributed by atoms with Crippen LogP contribution in [-0.2, 0) is 28.5 Å². The molecule has 8 aliphatic rings. The van der Waals surface area contributed by atoms with Gasteiger partial charge < -0.3 is 49.2 Å². The average molecular weight is 679 g/mol. The molecular formula is C37H58O11. The Labute approximate surface area is 284 Å². The van der Waals surface area contributed by atoms with Crippen LogP contribution in [0.15, 0.2) is 0 Å². The zero-order valence-electron chi connectivity index (χ0n) is 29.9. The van der Waals surface area contributed by atoms with Crippen molar-refractivity contribution in [3.8, 4) is 0 Å². The number of epoxide rings is 1. The van der Waals surface area contributed by atoms with Gasteiger partial charge in [-0.05, 0) is 98.2 Å². The minimum Gasteiger partial charge on any atom is -0.430 e. The summed E-state index contributed by atoms with van der Waals surface area (Å²) in [5.41, 5.74) is -1.77. The second-order valence-corrected chi connectivity index (χ2v) is 19.0. The molecule has 3 heterocycles. The van der Waals surface area contributed by atoms with Crippen molar-refractivity contribution in [2.24, 2.45) is 50.7 Å². The van der Waals surface area contributed by atoms with Crippen molar-refractivity contribution in [1.82, 2.24) is 0 Å². The lowest BCUT2D eigenvalue weighted by molar-refractivity contribution is -0.406. The van der Waals surface area contributed by atoms with E-state index < -0.39 is 70.8 Å². The molecule has 11 nitrogen and oxygen atoms in total. The summed E-state index contributed by atoms with van der Waals surface area (Å²) in [6.07, 6.45) is 0.276. The Morgan fingerprint density at radius 1 is 0.875 bits per heavy atom. The van der Waals surface area contributed by atoms with E-state index in [1.54, 1.807) is 0 Å². The van der Waals surface area contributed by atoms with Gasteiger partial charge in [-0.3, -0.25) is 4.79 Å². The Hall–Kier alpha value is -0.890. The molecule has 48 heavy (non-hydrogen) atoms. The first-order chi connectivity index (χ1) is 22.2. The van der Waals surface area contributed by atoms with Crippen molar-refractivity contribution in [3.63, 3.8) is 0 Å². The Morgan fingerprint density at radius 3 is 2.17 bits per heavy atom. The van der Waals surface area contributed by atoms with Gasteiger partial charge >= 0.3 is 5.97 Å². The molecule has 2 spiro atoms. The Morgan fingerprint density at radius 2 is 1.52 bits per heavy atom. The number of esters is 1. The lowest BCUT2D eigenvalue weighted by Crippen LogP contribution is -2.64. The molecule has 8 rings (SSSR count). The normalized spacial score (nSPS) is 60.4. The number of rotatable bonds is 4. The quantitative estimate of drug-likeness (QED) is 0.169. The number of carbonyl (C=O) groups is 1. The smallest absolute Gasteiger partial charge is 0.305 e. The van der Waals surface area contributed by atoms with Crippen molar-refractivity contribution < 1.29 is 54.0 Å². The highest BCUT2D eigenvalue weighted by Gasteiger charge is 2.88. The van der Waals surface area contributed by atoms with Crippen molar-refractivity contribution in [2.45, 2.75) is 167 Å². The van der Waals surface area contributed by atoms with Gasteiger partial charge in [0.15, 0.2) is 12.4 Å². The van der Waals surface area contributed by atoms with E-state index in [9.17, 15) is 30.3 Å². The van der Waals surface area contributed by atoms with Gasteiger partial charge in [0.25, 0.3) is 0 Å². The standard InChI is InChI=1S/C37H58O11/c1-18-15-36(46-19(2)38,29-31(5,6)47-29)48-37(43)26(18)32(7)13-14-35-17-34(35)12-11-23(45-27-25(41)24(40)20(39)16-44-27)30(3,4)21(34)9-10-22(35)33(32,8)28(37)42/h18,20-29,39-43H,9-17H2,1-8H3. The van der Waals surface area contributed by atoms with Gasteiger partial charge in [-0.2, -0.15) is 0 Å². The van der Waals surface area contributed by atoms with E-state index in [2.05, 4.69) is 34.6 Å². The minimum atomic E-state index is -1.91. The van der Waals surface area contributed by atoms with Crippen LogP contribution < -0.4 is 0 Å². The SMILES string of the molecule is CC(=O)OC1(C2OC2(C)C)CC(C)C2C(O)(O1)C(O)C1(C)C3CCC4C(C)(C)C(OC5OCC(O)C(O)C5O)CCC45CC35CCC21C. The molecule has 17 unspecified atom stereocenters. The van der Waals surface area contributed by atoms with Crippen LogP contribution in [0.3, 0.4) is 0 Å². The van der Waals surface area contributed by atoms with Gasteiger partial charge in [-0.15, -0.1) is 0 Å². The number of ether oxygens (including phenoxy) is 5. The first-order valence-electron chi connectivity index (χ1n) is 18.5. The summed E-state index contributed by atoms with van der Waals surface area (Å²) >= 11 is 0. The number of aliphatic hydroxyl groups is 5. The van der Waals surface area contributed by atoms with Gasteiger partial charge in [0.1, 0.15) is 24.4 Å². The molecule has 0 aromatic heterocycles. The predicted molar refractivity (Wildman–Crippen MR) is 170 cm³/mol. The predicted octanol–water partition coefficient (Wildman–Crippen LogP) is 3.01. The number of hydrogen-bond acceptors (Lipinski definition) is 11. The number of carbonyl (C=O) groups excluding carboxylic acids is 1. The van der Waals surface area contributed by atoms with Crippen LogP contribution in [0.4, 0.5) is 0 Å². The fraction of sp³-hybridized carbons (Fsp3) is 0.973. The molecule has 0 aromatic carbocycles. The van der Waals surface area contributed by atoms with Gasteiger partial charge in [-0.1, -0.05) is 34.6 Å². The highest BCUT2D eigenvalue weighted by Crippen LogP contribution is 2.90. The average Bonchev–Trinajstić information content (AvgIpc) is 3.84. The molecule has 3 aliphatic heterocycles. The molecule has 0 bridgehead atoms. The summed E-state index contributed by atoms with van der Waals surface area (Å²) in [7, 11) is 0. The third-order valence-corrected chi connectivity index (χ3v) is 16.3. The monoisotopic (exact) mass is 678 g/mol. The van der Waals surface area contributed by atoms with Gasteiger partial charge in [0, 0.05) is 24.7 Å². The van der Waals surface area contributed by atoms with Gasteiger partial charge in [0.05, 0.1) is 18.3 Å². The Balaban J connectivity index is 1.09. The lowest BCUT2D eigenvalue weighted by atomic mass is 9.41. The second kappa shape index (κ2) is 9.95. The maximum atomic E-state index is 12.8. The molecule has 0 aromatic rings. The molecule has 8 fully saturated rings. The summed E-state index contributed by atoms with van der Waals surface area (Å²) in [5, 5.41) is 56.2. The molecule has 0 radical (unpaired) electrons. The molecule has 272 valence electrons. The van der Waals surface area contributed by atoms with Crippen LogP contribution in [-0.4, -0.2) is 98.2 Å². The lowest BCUT2D eigenvalue weighted by Gasteiger charge is -2.63. The summed E-state index contributed by atoms with van der Waals surface area (Å²) in [4.78, 5) is 12.5. The fourth-order valence-corrected chi connectivity index (χ4v) is 14.3. The number of aliphatic hydroxyl groups excluding tert-OH is 4. The highest BCUT2D eigenvalue weighted by atomic mass is 16.8. The Kier molecular flexibility index (Phi) is 7.09. The van der Waals surface area contributed by atoms with Crippen molar-refractivity contribution in [1.29, 1.82) is 0 Å². The molecular weight excluding hydrogens is 620 g/mol. The zero-order chi connectivity index (χ0) is 34.8. The maximum absolute atomic E-state index is 12.8. The first kappa shape index (κ1) is 34.2. The molecule has 5 aliphatic carbocycles. The molecule has 3 saturated heterocycles. The maximum Gasteiger partial charge on any atom is 0.305 e. The van der Waals surface area contributed by atoms with Crippen molar-refractivity contribution in [2.75, 3.05) is 6.61 Å². The van der Waals surface area contributed by atoms with E-state index in [4.69, 9.17) is 23.7 Å². The molecule has 11 heteroatoms. The third-order valence-electron chi connectivity index (χ3n) is 16.3. The summed E-state index contributed by atoms with van der Waals surface area (Å²) < 4.78 is 30.7. The summed E-state index contributed by atoms with van der Waals surface area (Å²) in [6.45, 7) is 16.2. The zero-order valence-corrected chi connectivity index (χ0v) is 29.9. The van der Waals surface area contributed by atoms with Crippen LogP contribution in [0.5, 0.6) is 0 Å². The molecule has 5 saturated carbocycles. The third kappa shape index (κ3) is 3.95. The molecule has 5 N–H and O–H groups in total. The van der Waals surface area contributed by atoms with Crippen LogP contribution >= 0.6 is 0 Å². The van der Waals surface area contributed by atoms with Crippen LogP contribution in [0.2, 0.25) is 0 Å². The second-order valence-electron chi connectivity index (χ2n) is 19.0. The van der Waals surface area contributed by atoms with Crippen LogP contribution in [0.1, 0.15) is 107 Å². The van der Waals surface area contributed by atoms with E-state index in [1.807, 2.05) is 13.8 Å². The molecule has 0 amide bonds. The van der Waals surface area contributed by atoms with E-state index in [1.165, 1.54) is 6.92 Å². The van der Waals surface area contributed by atoms with Gasteiger partial charge in [0.2, 0.25) is 11.6 Å².